The lowest BCUT2D eigenvalue weighted by molar-refractivity contribution is 0.338. The monoisotopic (exact) mass is 869 g/mol. The minimum atomic E-state index is -0.652. The summed E-state index contributed by atoms with van der Waals surface area (Å²) in [5, 5.41) is 3.95. The normalized spacial score (nSPS) is 19.6. The number of amidine groups is 2. The van der Waals surface area contributed by atoms with Crippen LogP contribution in [-0.4, -0.2) is 11.7 Å². The largest absolute Gasteiger partial charge is 0.460 e. The van der Waals surface area contributed by atoms with Crippen molar-refractivity contribution >= 4 is 11.7 Å². The highest BCUT2D eigenvalue weighted by atomic mass is 16.5. The van der Waals surface area contributed by atoms with Crippen LogP contribution in [0.3, 0.4) is 0 Å². The van der Waals surface area contributed by atoms with E-state index in [2.05, 4.69) is 226 Å². The molecule has 3 heterocycles. The Balaban J connectivity index is 1.10. The van der Waals surface area contributed by atoms with Crippen molar-refractivity contribution < 1.29 is 9.47 Å². The van der Waals surface area contributed by atoms with Crippen LogP contribution < -0.4 is 14.8 Å². The minimum Gasteiger partial charge on any atom is -0.460 e. The number of benzene rings is 7. The maximum absolute atomic E-state index is 7.25. The van der Waals surface area contributed by atoms with E-state index >= 15 is 0 Å². The van der Waals surface area contributed by atoms with Gasteiger partial charge in [0.1, 0.15) is 35.0 Å². The molecule has 0 spiro atoms. The molecule has 0 saturated carbocycles. The summed E-state index contributed by atoms with van der Waals surface area (Å²) < 4.78 is 14.5. The van der Waals surface area contributed by atoms with Gasteiger partial charge in [0.15, 0.2) is 5.84 Å². The predicted octanol–water partition coefficient (Wildman–Crippen LogP) is 13.6. The van der Waals surface area contributed by atoms with E-state index in [0.29, 0.717) is 12.3 Å². The van der Waals surface area contributed by atoms with Crippen LogP contribution in [0.15, 0.2) is 233 Å². The molecule has 3 aliphatic heterocycles. The third-order valence-electron chi connectivity index (χ3n) is 14.5. The highest BCUT2D eigenvalue weighted by Gasteiger charge is 2.50. The second-order valence-electron chi connectivity index (χ2n) is 18.4. The van der Waals surface area contributed by atoms with Gasteiger partial charge in [0.25, 0.3) is 0 Å². The average Bonchev–Trinajstić information content (AvgIpc) is 3.37. The van der Waals surface area contributed by atoms with Gasteiger partial charge >= 0.3 is 0 Å². The Hall–Kier alpha value is -7.76. The van der Waals surface area contributed by atoms with Crippen molar-refractivity contribution in [2.45, 2.75) is 57.0 Å². The van der Waals surface area contributed by atoms with Crippen LogP contribution >= 0.6 is 0 Å². The van der Waals surface area contributed by atoms with E-state index in [1.54, 1.807) is 0 Å². The lowest BCUT2D eigenvalue weighted by Gasteiger charge is -2.45. The number of hydrogen-bond donors (Lipinski definition) is 1. The van der Waals surface area contributed by atoms with E-state index in [9.17, 15) is 0 Å². The zero-order chi connectivity index (χ0) is 45.1. The predicted molar refractivity (Wildman–Crippen MR) is 270 cm³/mol. The zero-order valence-corrected chi connectivity index (χ0v) is 38.0. The van der Waals surface area contributed by atoms with Crippen molar-refractivity contribution in [3.8, 4) is 11.5 Å². The van der Waals surface area contributed by atoms with Gasteiger partial charge in [0.05, 0.1) is 22.3 Å². The SMILES string of the molecule is Cc1cc(C)c(C2N=C(c3cccc4c3OC3=C(CCC=C3)C4(c3ccccc3)c3ccccc3)N=C(C3CC=CC4=C3Oc3ccccc3C4(c3ccccc3)c3ccccc3)N2)c(C)c1. The van der Waals surface area contributed by atoms with Crippen LogP contribution in [0.4, 0.5) is 0 Å². The van der Waals surface area contributed by atoms with Crippen LogP contribution in [0.1, 0.15) is 86.6 Å². The standard InChI is InChI=1S/C62H51N3O2/c1-40-38-41(2)55(42(3)39-40)60-64-58(47-30-20-34-51-56(47)66-53-36-18-16-32-49(53)61(51,43-22-8-4-9-23-43)44-24-10-5-11-25-44)63-59(65-60)48-31-21-35-52-57(48)67-54-37-19-17-33-50(54)62(52,45-26-12-6-13-27-45)46-28-14-7-15-29-46/h4-16,18-29,31-32,34-39,47,60H,17,30,33H2,1-3H3,(H,63,64,65). The fraction of sp³-hybridized carbons (Fsp3) is 0.161. The van der Waals surface area contributed by atoms with Crippen molar-refractivity contribution in [1.82, 2.24) is 5.32 Å². The lowest BCUT2D eigenvalue weighted by atomic mass is 9.61. The van der Waals surface area contributed by atoms with Crippen molar-refractivity contribution in [3.05, 3.63) is 284 Å². The van der Waals surface area contributed by atoms with E-state index < -0.39 is 17.0 Å². The Bertz CT molecular complexity index is 3170. The fourth-order valence-corrected chi connectivity index (χ4v) is 11.9. The topological polar surface area (TPSA) is 55.2 Å². The molecule has 2 aliphatic carbocycles. The van der Waals surface area contributed by atoms with E-state index in [4.69, 9.17) is 19.5 Å². The third kappa shape index (κ3) is 6.36. The van der Waals surface area contributed by atoms with Crippen molar-refractivity contribution in [3.63, 3.8) is 0 Å². The molecule has 1 N–H and O–H groups in total. The summed E-state index contributed by atoms with van der Waals surface area (Å²) in [5.41, 5.74) is 13.6. The van der Waals surface area contributed by atoms with Gasteiger partial charge in [0, 0.05) is 22.3 Å². The summed E-state index contributed by atoms with van der Waals surface area (Å²) in [4.78, 5) is 11.3. The molecule has 0 fully saturated rings. The highest BCUT2D eigenvalue weighted by molar-refractivity contribution is 6.11. The van der Waals surface area contributed by atoms with E-state index in [-0.39, 0.29) is 5.92 Å². The average molecular weight is 870 g/mol. The maximum Gasteiger partial charge on any atom is 0.162 e. The number of aryl methyl sites for hydroxylation is 3. The number of nitrogens with one attached hydrogen (secondary N) is 1. The molecule has 0 radical (unpaired) electrons. The molecular weight excluding hydrogens is 819 g/mol. The van der Waals surface area contributed by atoms with E-state index in [1.807, 2.05) is 0 Å². The number of hydrogen-bond acceptors (Lipinski definition) is 5. The van der Waals surface area contributed by atoms with Gasteiger partial charge in [-0.1, -0.05) is 188 Å². The molecule has 5 aliphatic rings. The Kier molecular flexibility index (Phi) is 9.90. The molecule has 0 aromatic heterocycles. The molecule has 67 heavy (non-hydrogen) atoms. The summed E-state index contributed by atoms with van der Waals surface area (Å²) in [6.45, 7) is 6.55. The first-order valence-corrected chi connectivity index (χ1v) is 23.6. The number of ether oxygens (including phenoxy) is 2. The van der Waals surface area contributed by atoms with Crippen LogP contribution in [0, 0.1) is 26.7 Å². The van der Waals surface area contributed by atoms with Gasteiger partial charge in [-0.3, -0.25) is 0 Å². The lowest BCUT2D eigenvalue weighted by Crippen LogP contribution is -2.44. The molecule has 7 aromatic carbocycles. The smallest absolute Gasteiger partial charge is 0.162 e. The van der Waals surface area contributed by atoms with E-state index in [1.165, 1.54) is 44.5 Å². The second kappa shape index (κ2) is 16.3. The van der Waals surface area contributed by atoms with Crippen molar-refractivity contribution in [2.24, 2.45) is 15.9 Å². The third-order valence-corrected chi connectivity index (χ3v) is 14.5. The molecule has 7 aromatic rings. The van der Waals surface area contributed by atoms with Crippen LogP contribution in [0.25, 0.3) is 0 Å². The molecule has 326 valence electrons. The van der Waals surface area contributed by atoms with Gasteiger partial charge in [-0.05, 0) is 97.2 Å². The Morgan fingerprint density at radius 1 is 0.582 bits per heavy atom. The summed E-state index contributed by atoms with van der Waals surface area (Å²) in [7, 11) is 0. The molecule has 0 amide bonds. The quantitative estimate of drug-likeness (QED) is 0.174. The Labute approximate surface area is 393 Å². The van der Waals surface area contributed by atoms with Crippen LogP contribution in [-0.2, 0) is 10.8 Å². The number of nitrogens with zero attached hydrogens (tertiary/aromatic N) is 2. The number of aliphatic imine (C=N–C) groups is 2. The first-order valence-electron chi connectivity index (χ1n) is 23.6. The van der Waals surface area contributed by atoms with Crippen LogP contribution in [0.5, 0.6) is 11.5 Å². The molecule has 2 atom stereocenters. The van der Waals surface area contributed by atoms with Gasteiger partial charge < -0.3 is 14.8 Å². The van der Waals surface area contributed by atoms with Gasteiger partial charge in [0.2, 0.25) is 0 Å². The zero-order valence-electron chi connectivity index (χ0n) is 38.0. The number of allylic oxidation sites excluding steroid dienone is 6. The summed E-state index contributed by atoms with van der Waals surface area (Å²) in [5.74, 6) is 4.57. The first-order chi connectivity index (χ1) is 33.0. The highest BCUT2D eigenvalue weighted by Crippen LogP contribution is 2.57. The minimum absolute atomic E-state index is 0.261. The summed E-state index contributed by atoms with van der Waals surface area (Å²) in [6.07, 6.45) is 11.1. The van der Waals surface area contributed by atoms with Crippen LogP contribution in [0.2, 0.25) is 0 Å². The molecule has 5 heteroatoms. The first kappa shape index (κ1) is 40.7. The van der Waals surface area contributed by atoms with Gasteiger partial charge in [-0.15, -0.1) is 0 Å². The summed E-state index contributed by atoms with van der Waals surface area (Å²) >= 11 is 0. The number of rotatable bonds is 7. The molecule has 0 bridgehead atoms. The molecular formula is C62H51N3O2. The van der Waals surface area contributed by atoms with Crippen molar-refractivity contribution in [2.75, 3.05) is 0 Å². The molecule has 5 nitrogen and oxygen atoms in total. The van der Waals surface area contributed by atoms with Gasteiger partial charge in [-0.25, -0.2) is 9.98 Å². The summed E-state index contributed by atoms with van der Waals surface area (Å²) in [6, 6.07) is 63.3. The molecule has 0 saturated heterocycles. The fourth-order valence-electron chi connectivity index (χ4n) is 11.9. The van der Waals surface area contributed by atoms with Gasteiger partial charge in [-0.2, -0.15) is 0 Å². The Morgan fingerprint density at radius 3 is 1.81 bits per heavy atom. The maximum atomic E-state index is 7.25. The van der Waals surface area contributed by atoms with E-state index in [0.717, 1.165) is 69.5 Å². The Morgan fingerprint density at radius 2 is 1.16 bits per heavy atom. The number of para-hydroxylation sites is 2. The number of fused-ring (bicyclic) bond motifs is 2. The molecule has 12 rings (SSSR count). The van der Waals surface area contributed by atoms with Crippen molar-refractivity contribution in [1.29, 1.82) is 0 Å². The second-order valence-corrected chi connectivity index (χ2v) is 18.4. The molecule has 2 unspecified atom stereocenters.